The quantitative estimate of drug-likeness (QED) is 0.196. The molecule has 1 amide bonds. The maximum atomic E-state index is 14.0. The number of carbonyl (C=O) groups is 1. The van der Waals surface area contributed by atoms with Gasteiger partial charge in [-0.15, -0.1) is 0 Å². The van der Waals surface area contributed by atoms with E-state index in [0.717, 1.165) is 27.9 Å². The highest BCUT2D eigenvalue weighted by atomic mass is 16.5. The monoisotopic (exact) mass is 545 g/mol. The molecule has 208 valence electrons. The lowest BCUT2D eigenvalue weighted by Crippen LogP contribution is -2.40. The maximum Gasteiger partial charge on any atom is 0.266 e. The molecule has 0 spiro atoms. The first-order valence-corrected chi connectivity index (χ1v) is 14.0. The Morgan fingerprint density at radius 1 is 0.854 bits per heavy atom. The van der Waals surface area contributed by atoms with Crippen LogP contribution in [0.2, 0.25) is 0 Å². The Morgan fingerprint density at radius 2 is 1.51 bits per heavy atom. The minimum atomic E-state index is -0.470. The van der Waals surface area contributed by atoms with E-state index in [-0.39, 0.29) is 18.1 Å². The third-order valence-electron chi connectivity index (χ3n) is 7.46. The van der Waals surface area contributed by atoms with Crippen molar-refractivity contribution in [1.29, 1.82) is 0 Å². The summed E-state index contributed by atoms with van der Waals surface area (Å²) in [5.41, 5.74) is 5.40. The molecule has 0 fully saturated rings. The Balaban J connectivity index is 1.60. The number of amides is 1. The number of para-hydroxylation sites is 1. The van der Waals surface area contributed by atoms with Gasteiger partial charge in [0.1, 0.15) is 12.4 Å². The molecule has 1 heterocycles. The van der Waals surface area contributed by atoms with E-state index >= 15 is 0 Å². The number of carbonyl (C=O) groups excluding carboxylic acids is 1. The van der Waals surface area contributed by atoms with Gasteiger partial charge in [-0.3, -0.25) is 14.2 Å². The third kappa shape index (κ3) is 6.28. The van der Waals surface area contributed by atoms with Crippen molar-refractivity contribution in [3.8, 4) is 5.69 Å². The molecule has 1 unspecified atom stereocenters. The second kappa shape index (κ2) is 12.7. The first kappa shape index (κ1) is 28.0. The first-order chi connectivity index (χ1) is 20.0. The molecule has 6 nitrogen and oxygen atoms in total. The summed E-state index contributed by atoms with van der Waals surface area (Å²) in [6, 6.07) is 32.6. The van der Waals surface area contributed by atoms with Gasteiger partial charge in [0, 0.05) is 6.54 Å². The van der Waals surface area contributed by atoms with Crippen molar-refractivity contribution in [1.82, 2.24) is 14.5 Å². The average molecular weight is 546 g/mol. The molecule has 0 N–H and O–H groups in total. The molecule has 5 rings (SSSR count). The van der Waals surface area contributed by atoms with E-state index in [1.165, 1.54) is 0 Å². The number of rotatable bonds is 10. The van der Waals surface area contributed by atoms with Gasteiger partial charge in [-0.25, -0.2) is 4.98 Å². The fraction of sp³-hybridized carbons (Fsp3) is 0.229. The number of fused-ring (bicyclic) bond motifs is 1. The van der Waals surface area contributed by atoms with Crippen molar-refractivity contribution in [2.75, 3.05) is 6.61 Å². The van der Waals surface area contributed by atoms with Crippen molar-refractivity contribution >= 4 is 16.8 Å². The van der Waals surface area contributed by atoms with E-state index < -0.39 is 6.04 Å². The van der Waals surface area contributed by atoms with Crippen LogP contribution in [0, 0.1) is 13.8 Å². The van der Waals surface area contributed by atoms with Gasteiger partial charge in [-0.2, -0.15) is 0 Å². The molecular weight excluding hydrogens is 510 g/mol. The smallest absolute Gasteiger partial charge is 0.266 e. The van der Waals surface area contributed by atoms with Crippen LogP contribution in [0.25, 0.3) is 16.6 Å². The number of hydrogen-bond acceptors (Lipinski definition) is 4. The average Bonchev–Trinajstić information content (AvgIpc) is 3.00. The molecule has 4 aromatic carbocycles. The van der Waals surface area contributed by atoms with Crippen LogP contribution in [-0.2, 0) is 22.7 Å². The highest BCUT2D eigenvalue weighted by Crippen LogP contribution is 2.28. The third-order valence-corrected chi connectivity index (χ3v) is 7.46. The molecule has 41 heavy (non-hydrogen) atoms. The lowest BCUT2D eigenvalue weighted by atomic mass is 10.1. The predicted molar refractivity (Wildman–Crippen MR) is 163 cm³/mol. The fourth-order valence-corrected chi connectivity index (χ4v) is 5.10. The predicted octanol–water partition coefficient (Wildman–Crippen LogP) is 6.70. The number of nitrogens with zero attached hydrogens (tertiary/aromatic N) is 3. The number of hydrogen-bond donors (Lipinski definition) is 0. The number of ether oxygens (including phenoxy) is 1. The van der Waals surface area contributed by atoms with Crippen LogP contribution in [0.15, 0.2) is 108 Å². The Bertz CT molecular complexity index is 1700. The van der Waals surface area contributed by atoms with Gasteiger partial charge >= 0.3 is 0 Å². The van der Waals surface area contributed by atoms with Crippen molar-refractivity contribution < 1.29 is 9.53 Å². The van der Waals surface area contributed by atoms with Crippen LogP contribution < -0.4 is 5.56 Å². The molecule has 0 saturated carbocycles. The minimum absolute atomic E-state index is 0.0836. The molecule has 1 aromatic heterocycles. The zero-order valence-electron chi connectivity index (χ0n) is 23.8. The van der Waals surface area contributed by atoms with Gasteiger partial charge in [0.2, 0.25) is 5.91 Å². The normalized spacial score (nSPS) is 11.9. The molecule has 0 bridgehead atoms. The molecule has 5 aromatic rings. The Hall–Kier alpha value is -4.55. The van der Waals surface area contributed by atoms with Crippen LogP contribution in [0.5, 0.6) is 0 Å². The highest BCUT2D eigenvalue weighted by Gasteiger charge is 2.29. The van der Waals surface area contributed by atoms with Gasteiger partial charge in [-0.1, -0.05) is 85.8 Å². The Morgan fingerprint density at radius 3 is 2.20 bits per heavy atom. The summed E-state index contributed by atoms with van der Waals surface area (Å²) in [4.78, 5) is 34.8. The van der Waals surface area contributed by atoms with Crippen LogP contribution in [0.1, 0.15) is 47.5 Å². The van der Waals surface area contributed by atoms with Crippen LogP contribution >= 0.6 is 0 Å². The van der Waals surface area contributed by atoms with E-state index in [1.54, 1.807) is 15.5 Å². The summed E-state index contributed by atoms with van der Waals surface area (Å²) in [5, 5.41) is 0.538. The molecule has 0 saturated heterocycles. The summed E-state index contributed by atoms with van der Waals surface area (Å²) < 4.78 is 7.57. The summed E-state index contributed by atoms with van der Waals surface area (Å²) in [7, 11) is 0. The summed E-state index contributed by atoms with van der Waals surface area (Å²) in [5.74, 6) is 0.373. The summed E-state index contributed by atoms with van der Waals surface area (Å²) >= 11 is 0. The Labute approximate surface area is 240 Å². The molecule has 1 atom stereocenters. The van der Waals surface area contributed by atoms with E-state index in [2.05, 4.69) is 0 Å². The lowest BCUT2D eigenvalue weighted by molar-refractivity contribution is -0.140. The molecule has 0 radical (unpaired) electrons. The van der Waals surface area contributed by atoms with E-state index in [1.807, 2.05) is 118 Å². The Kier molecular flexibility index (Phi) is 8.70. The lowest BCUT2D eigenvalue weighted by Gasteiger charge is -2.32. The first-order valence-electron chi connectivity index (χ1n) is 14.0. The van der Waals surface area contributed by atoms with E-state index in [0.29, 0.717) is 36.3 Å². The molecule has 6 heteroatoms. The van der Waals surface area contributed by atoms with Crippen LogP contribution in [-0.4, -0.2) is 27.0 Å². The minimum Gasteiger partial charge on any atom is -0.367 e. The maximum absolute atomic E-state index is 14.0. The molecule has 0 aliphatic carbocycles. The van der Waals surface area contributed by atoms with Gasteiger partial charge in [0.25, 0.3) is 5.56 Å². The highest BCUT2D eigenvalue weighted by molar-refractivity contribution is 5.79. The number of benzene rings is 4. The van der Waals surface area contributed by atoms with Crippen molar-refractivity contribution in [2.24, 2.45) is 0 Å². The zero-order valence-corrected chi connectivity index (χ0v) is 23.8. The van der Waals surface area contributed by atoms with Crippen molar-refractivity contribution in [3.05, 3.63) is 142 Å². The number of aryl methyl sites for hydroxylation is 2. The summed E-state index contributed by atoms with van der Waals surface area (Å²) in [6.07, 6.45) is 0.562. The van der Waals surface area contributed by atoms with Crippen LogP contribution in [0.4, 0.5) is 0 Å². The standard InChI is InChI=1S/C35H35N3O3/c1-4-32(37(22-27-13-7-5-8-14-27)33(39)24-41-23-28-15-9-6-10-16-28)34-36-31-18-12-11-17-30(31)35(40)38(34)29-20-19-25(2)26(3)21-29/h5-21,32H,4,22-24H2,1-3H3. The van der Waals surface area contributed by atoms with E-state index in [9.17, 15) is 9.59 Å². The second-order valence-corrected chi connectivity index (χ2v) is 10.3. The topological polar surface area (TPSA) is 64.4 Å². The zero-order chi connectivity index (χ0) is 28.8. The number of aromatic nitrogens is 2. The van der Waals surface area contributed by atoms with Gasteiger partial charge < -0.3 is 9.64 Å². The SMILES string of the molecule is CCC(c1nc2ccccc2c(=O)n1-c1ccc(C)c(C)c1)N(Cc1ccccc1)C(=O)COCc1ccccc1. The molecule has 0 aliphatic heterocycles. The van der Waals surface area contributed by atoms with Crippen LogP contribution in [0.3, 0.4) is 0 Å². The van der Waals surface area contributed by atoms with Gasteiger partial charge in [0.15, 0.2) is 0 Å². The second-order valence-electron chi connectivity index (χ2n) is 10.3. The largest absolute Gasteiger partial charge is 0.367 e. The molecule has 0 aliphatic rings. The van der Waals surface area contributed by atoms with Gasteiger partial charge in [-0.05, 0) is 66.8 Å². The van der Waals surface area contributed by atoms with Gasteiger partial charge in [0.05, 0.1) is 29.2 Å². The van der Waals surface area contributed by atoms with Crippen molar-refractivity contribution in [2.45, 2.75) is 46.4 Å². The van der Waals surface area contributed by atoms with Crippen molar-refractivity contribution in [3.63, 3.8) is 0 Å². The molecular formula is C35H35N3O3. The van der Waals surface area contributed by atoms with E-state index in [4.69, 9.17) is 9.72 Å². The summed E-state index contributed by atoms with van der Waals surface area (Å²) in [6.45, 7) is 6.72. The fourth-order valence-electron chi connectivity index (χ4n) is 5.10.